The van der Waals surface area contributed by atoms with Crippen LogP contribution in [-0.4, -0.2) is 22.8 Å². The van der Waals surface area contributed by atoms with Crippen LogP contribution < -0.4 is 15.4 Å². The Morgan fingerprint density at radius 3 is 2.17 bits per heavy atom. The van der Waals surface area contributed by atoms with E-state index in [1.54, 1.807) is 66.7 Å². The van der Waals surface area contributed by atoms with E-state index in [9.17, 15) is 27.6 Å². The number of benzene rings is 4. The van der Waals surface area contributed by atoms with Crippen LogP contribution in [-0.2, 0) is 11.0 Å². The number of ether oxygens (including phenoxy) is 1. The van der Waals surface area contributed by atoms with Crippen LogP contribution in [0.15, 0.2) is 103 Å². The number of carbonyl (C=O) groups excluding carboxylic acids is 3. The molecule has 0 aliphatic rings. The zero-order valence-corrected chi connectivity index (χ0v) is 22.0. The van der Waals surface area contributed by atoms with Gasteiger partial charge in [-0.2, -0.15) is 13.2 Å². The Hall–Kier alpha value is -5.51. The maximum atomic E-state index is 13.9. The number of alkyl halides is 3. The molecule has 0 bridgehead atoms. The van der Waals surface area contributed by atoms with Crippen LogP contribution in [0.4, 0.5) is 29.3 Å². The molecule has 42 heavy (non-hydrogen) atoms. The number of rotatable bonds is 6. The fourth-order valence-corrected chi connectivity index (χ4v) is 4.50. The standard InChI is InChI=1S/C32H22F3N3O4/c1-19(39)42-24-15-13-22(14-16-24)37-31(41)38-23-10-5-9-21(17-23)28-25-11-6-12-27(32(33,34)35)29(25)36-18-26(28)30(40)20-7-3-2-4-8-20/h2-18H,1H3,(H2,37,38,41). The van der Waals surface area contributed by atoms with Crippen molar-refractivity contribution in [3.05, 3.63) is 120 Å². The molecular formula is C32H22F3N3O4. The second-order valence-corrected chi connectivity index (χ2v) is 9.22. The Kier molecular flexibility index (Phi) is 7.70. The second-order valence-electron chi connectivity index (χ2n) is 9.22. The Bertz CT molecular complexity index is 1800. The summed E-state index contributed by atoms with van der Waals surface area (Å²) in [7, 11) is 0. The van der Waals surface area contributed by atoms with E-state index < -0.39 is 29.5 Å². The van der Waals surface area contributed by atoms with Crippen molar-refractivity contribution in [3.8, 4) is 16.9 Å². The number of ketones is 1. The molecular weight excluding hydrogens is 547 g/mol. The summed E-state index contributed by atoms with van der Waals surface area (Å²) in [6.45, 7) is 1.28. The van der Waals surface area contributed by atoms with E-state index in [0.29, 0.717) is 28.3 Å². The van der Waals surface area contributed by atoms with Crippen molar-refractivity contribution in [2.24, 2.45) is 0 Å². The second kappa shape index (κ2) is 11.5. The van der Waals surface area contributed by atoms with E-state index in [1.165, 1.54) is 31.2 Å². The summed E-state index contributed by atoms with van der Waals surface area (Å²) in [5.41, 5.74) is 0.662. The Labute approximate surface area is 238 Å². The summed E-state index contributed by atoms with van der Waals surface area (Å²) in [6, 6.07) is 24.1. The molecule has 0 atom stereocenters. The number of anilines is 2. The van der Waals surface area contributed by atoms with Gasteiger partial charge in [0.2, 0.25) is 0 Å². The highest BCUT2D eigenvalue weighted by molar-refractivity contribution is 6.17. The number of pyridine rings is 1. The van der Waals surface area contributed by atoms with Crippen LogP contribution in [0.1, 0.15) is 28.4 Å². The van der Waals surface area contributed by atoms with Gasteiger partial charge in [0.1, 0.15) is 5.75 Å². The highest BCUT2D eigenvalue weighted by Gasteiger charge is 2.34. The molecule has 0 saturated carbocycles. The number of halogens is 3. The molecule has 0 aliphatic carbocycles. The number of aromatic nitrogens is 1. The number of para-hydroxylation sites is 1. The lowest BCUT2D eigenvalue weighted by Gasteiger charge is -2.16. The first-order valence-electron chi connectivity index (χ1n) is 12.7. The van der Waals surface area contributed by atoms with Gasteiger partial charge >= 0.3 is 18.2 Å². The summed E-state index contributed by atoms with van der Waals surface area (Å²) >= 11 is 0. The van der Waals surface area contributed by atoms with Gasteiger partial charge in [-0.1, -0.05) is 54.6 Å². The van der Waals surface area contributed by atoms with Crippen molar-refractivity contribution in [3.63, 3.8) is 0 Å². The molecule has 0 unspecified atom stereocenters. The van der Waals surface area contributed by atoms with Gasteiger partial charge in [-0.25, -0.2) is 4.79 Å². The van der Waals surface area contributed by atoms with Gasteiger partial charge in [-0.15, -0.1) is 0 Å². The van der Waals surface area contributed by atoms with Crippen molar-refractivity contribution >= 4 is 40.1 Å². The van der Waals surface area contributed by atoms with Crippen LogP contribution in [0.5, 0.6) is 5.75 Å². The molecule has 210 valence electrons. The summed E-state index contributed by atoms with van der Waals surface area (Å²) in [5, 5.41) is 5.49. The minimum atomic E-state index is -4.66. The van der Waals surface area contributed by atoms with E-state index in [0.717, 1.165) is 12.3 Å². The van der Waals surface area contributed by atoms with Gasteiger partial charge in [-0.3, -0.25) is 14.6 Å². The Balaban J connectivity index is 1.52. The molecule has 0 aliphatic heterocycles. The van der Waals surface area contributed by atoms with E-state index in [4.69, 9.17) is 4.74 Å². The Morgan fingerprint density at radius 1 is 0.786 bits per heavy atom. The van der Waals surface area contributed by atoms with Crippen molar-refractivity contribution < 1.29 is 32.3 Å². The van der Waals surface area contributed by atoms with Gasteiger partial charge in [0, 0.05) is 46.6 Å². The van der Waals surface area contributed by atoms with E-state index in [-0.39, 0.29) is 22.0 Å². The number of amides is 2. The monoisotopic (exact) mass is 569 g/mol. The minimum Gasteiger partial charge on any atom is -0.427 e. The highest BCUT2D eigenvalue weighted by atomic mass is 19.4. The Morgan fingerprint density at radius 2 is 1.48 bits per heavy atom. The first kappa shape index (κ1) is 28.0. The van der Waals surface area contributed by atoms with Crippen LogP contribution in [0.2, 0.25) is 0 Å². The number of fused-ring (bicyclic) bond motifs is 1. The molecule has 0 saturated heterocycles. The van der Waals surface area contributed by atoms with Crippen molar-refractivity contribution in [1.29, 1.82) is 0 Å². The SMILES string of the molecule is CC(=O)Oc1ccc(NC(=O)Nc2cccc(-c3c(C(=O)c4ccccc4)cnc4c(C(F)(F)F)cccc34)c2)cc1. The summed E-state index contributed by atoms with van der Waals surface area (Å²) in [6.07, 6.45) is -3.50. The molecule has 1 aromatic heterocycles. The van der Waals surface area contributed by atoms with E-state index in [2.05, 4.69) is 15.6 Å². The lowest BCUT2D eigenvalue weighted by molar-refractivity contribution is -0.136. The summed E-state index contributed by atoms with van der Waals surface area (Å²) in [5.74, 6) is -0.565. The van der Waals surface area contributed by atoms with Crippen molar-refractivity contribution in [1.82, 2.24) is 4.98 Å². The van der Waals surface area contributed by atoms with E-state index in [1.807, 2.05) is 0 Å². The lowest BCUT2D eigenvalue weighted by Crippen LogP contribution is -2.19. The quantitative estimate of drug-likeness (QED) is 0.124. The minimum absolute atomic E-state index is 0.113. The van der Waals surface area contributed by atoms with Crippen LogP contribution >= 0.6 is 0 Å². The van der Waals surface area contributed by atoms with Gasteiger partial charge in [-0.05, 0) is 48.0 Å². The maximum Gasteiger partial charge on any atom is 0.418 e. The number of nitrogens with zero attached hydrogens (tertiary/aromatic N) is 1. The first-order chi connectivity index (χ1) is 20.1. The molecule has 4 aromatic carbocycles. The number of hydrogen-bond acceptors (Lipinski definition) is 5. The molecule has 2 N–H and O–H groups in total. The van der Waals surface area contributed by atoms with Gasteiger partial charge in [0.25, 0.3) is 0 Å². The van der Waals surface area contributed by atoms with Gasteiger partial charge < -0.3 is 15.4 Å². The average molecular weight is 570 g/mol. The smallest absolute Gasteiger partial charge is 0.418 e. The zero-order valence-electron chi connectivity index (χ0n) is 22.0. The third kappa shape index (κ3) is 6.12. The molecule has 10 heteroatoms. The van der Waals surface area contributed by atoms with Gasteiger partial charge in [0.15, 0.2) is 5.78 Å². The average Bonchev–Trinajstić information content (AvgIpc) is 2.96. The molecule has 5 rings (SSSR count). The third-order valence-electron chi connectivity index (χ3n) is 6.27. The first-order valence-corrected chi connectivity index (χ1v) is 12.7. The molecule has 1 heterocycles. The van der Waals surface area contributed by atoms with Crippen molar-refractivity contribution in [2.45, 2.75) is 13.1 Å². The van der Waals surface area contributed by atoms with Crippen LogP contribution in [0.3, 0.4) is 0 Å². The van der Waals surface area contributed by atoms with Crippen molar-refractivity contribution in [2.75, 3.05) is 10.6 Å². The van der Waals surface area contributed by atoms with Crippen LogP contribution in [0, 0.1) is 0 Å². The summed E-state index contributed by atoms with van der Waals surface area (Å²) < 4.78 is 46.5. The maximum absolute atomic E-state index is 13.9. The summed E-state index contributed by atoms with van der Waals surface area (Å²) in [4.78, 5) is 41.4. The third-order valence-corrected chi connectivity index (χ3v) is 6.27. The van der Waals surface area contributed by atoms with Gasteiger partial charge in [0.05, 0.1) is 11.1 Å². The predicted octanol–water partition coefficient (Wildman–Crippen LogP) is 7.72. The predicted molar refractivity (Wildman–Crippen MR) is 152 cm³/mol. The molecule has 0 radical (unpaired) electrons. The molecule has 7 nitrogen and oxygen atoms in total. The fourth-order valence-electron chi connectivity index (χ4n) is 4.50. The zero-order chi connectivity index (χ0) is 29.9. The normalized spacial score (nSPS) is 11.1. The largest absolute Gasteiger partial charge is 0.427 e. The number of esters is 1. The van der Waals surface area contributed by atoms with Crippen LogP contribution in [0.25, 0.3) is 22.0 Å². The molecule has 0 spiro atoms. The molecule has 2 amide bonds. The van der Waals surface area contributed by atoms with E-state index >= 15 is 0 Å². The number of urea groups is 1. The highest BCUT2D eigenvalue weighted by Crippen LogP contribution is 2.39. The number of nitrogens with one attached hydrogen (secondary N) is 2. The lowest BCUT2D eigenvalue weighted by atomic mass is 9.91. The molecule has 5 aromatic rings. The molecule has 0 fully saturated rings. The topological polar surface area (TPSA) is 97.4 Å². The number of carbonyl (C=O) groups is 3. The number of hydrogen-bond donors (Lipinski definition) is 2. The fraction of sp³-hybridized carbons (Fsp3) is 0.0625.